The second-order valence-corrected chi connectivity index (χ2v) is 5.16. The molecule has 0 unspecified atom stereocenters. The van der Waals surface area contributed by atoms with E-state index in [0.717, 1.165) is 11.3 Å². The van der Waals surface area contributed by atoms with Crippen LogP contribution in [0.15, 0.2) is 29.4 Å². The minimum absolute atomic E-state index is 0.0734. The van der Waals surface area contributed by atoms with Crippen LogP contribution in [0.4, 0.5) is 0 Å². The summed E-state index contributed by atoms with van der Waals surface area (Å²) in [6.45, 7) is 0.463. The molecular weight excluding hydrogens is 238 g/mol. The van der Waals surface area contributed by atoms with E-state index in [4.69, 9.17) is 5.26 Å². The Hall–Kier alpha value is -2.15. The molecule has 0 bridgehead atoms. The maximum Gasteiger partial charge on any atom is 0.248 e. The molecule has 1 fully saturated rings. The smallest absolute Gasteiger partial charge is 0.248 e. The number of hydrazone groups is 1. The number of rotatable bonds is 3. The highest BCUT2D eigenvalue weighted by atomic mass is 16.2. The van der Waals surface area contributed by atoms with E-state index in [1.165, 1.54) is 19.3 Å². The molecule has 1 aliphatic heterocycles. The average molecular weight is 253 g/mol. The van der Waals surface area contributed by atoms with Gasteiger partial charge in [-0.2, -0.15) is 10.4 Å². The Labute approximate surface area is 112 Å². The molecule has 19 heavy (non-hydrogen) atoms. The molecule has 1 aromatic carbocycles. The fraction of sp³-hybridized carbons (Fsp3) is 0.400. The van der Waals surface area contributed by atoms with Gasteiger partial charge in [-0.15, -0.1) is 0 Å². The highest BCUT2D eigenvalue weighted by Crippen LogP contribution is 2.31. The molecule has 0 aromatic heterocycles. The van der Waals surface area contributed by atoms with E-state index in [1.807, 2.05) is 18.2 Å². The number of hydrogen-bond acceptors (Lipinski definition) is 3. The van der Waals surface area contributed by atoms with E-state index in [1.54, 1.807) is 11.1 Å². The van der Waals surface area contributed by atoms with Crippen LogP contribution in [0.3, 0.4) is 0 Å². The normalized spacial score (nSPS) is 19.0. The summed E-state index contributed by atoms with van der Waals surface area (Å²) in [6, 6.07) is 9.44. The zero-order valence-corrected chi connectivity index (χ0v) is 10.7. The third kappa shape index (κ3) is 2.37. The minimum atomic E-state index is 0.0734. The lowest BCUT2D eigenvalue weighted by molar-refractivity contribution is -0.129. The number of hydrogen-bond donors (Lipinski definition) is 0. The lowest BCUT2D eigenvalue weighted by Crippen LogP contribution is -2.21. The minimum Gasteiger partial charge on any atom is -0.273 e. The first-order valence-corrected chi connectivity index (χ1v) is 6.63. The molecule has 2 aliphatic rings. The SMILES string of the molecule is N#Cc1cccc(CN2N=C(C3CCC3)CC2=O)c1. The zero-order valence-electron chi connectivity index (χ0n) is 10.7. The largest absolute Gasteiger partial charge is 0.273 e. The highest BCUT2D eigenvalue weighted by molar-refractivity contribution is 6.06. The first kappa shape index (κ1) is 11.9. The van der Waals surface area contributed by atoms with Crippen molar-refractivity contribution in [2.45, 2.75) is 32.2 Å². The zero-order chi connectivity index (χ0) is 13.2. The molecule has 4 heteroatoms. The van der Waals surface area contributed by atoms with Gasteiger partial charge in [-0.25, -0.2) is 5.01 Å². The number of nitriles is 1. The van der Waals surface area contributed by atoms with Crippen molar-refractivity contribution in [3.63, 3.8) is 0 Å². The van der Waals surface area contributed by atoms with Gasteiger partial charge in [0.05, 0.1) is 30.3 Å². The van der Waals surface area contributed by atoms with Crippen LogP contribution in [-0.4, -0.2) is 16.6 Å². The molecule has 0 N–H and O–H groups in total. The van der Waals surface area contributed by atoms with E-state index in [2.05, 4.69) is 11.2 Å². The topological polar surface area (TPSA) is 56.5 Å². The monoisotopic (exact) mass is 253 g/mol. The van der Waals surface area contributed by atoms with Gasteiger partial charge in [-0.1, -0.05) is 18.6 Å². The molecular formula is C15H15N3O. The van der Waals surface area contributed by atoms with Gasteiger partial charge >= 0.3 is 0 Å². The van der Waals surface area contributed by atoms with Crippen molar-refractivity contribution in [1.29, 1.82) is 5.26 Å². The van der Waals surface area contributed by atoms with Gasteiger partial charge < -0.3 is 0 Å². The van der Waals surface area contributed by atoms with Crippen LogP contribution < -0.4 is 0 Å². The first-order chi connectivity index (χ1) is 9.26. The Morgan fingerprint density at radius 1 is 1.42 bits per heavy atom. The maximum absolute atomic E-state index is 11.9. The summed E-state index contributed by atoms with van der Waals surface area (Å²) in [5.74, 6) is 0.601. The van der Waals surface area contributed by atoms with Crippen LogP contribution in [0.2, 0.25) is 0 Å². The summed E-state index contributed by atoms with van der Waals surface area (Å²) in [5.41, 5.74) is 2.62. The van der Waals surface area contributed by atoms with E-state index in [-0.39, 0.29) is 5.91 Å². The van der Waals surface area contributed by atoms with Crippen molar-refractivity contribution in [3.05, 3.63) is 35.4 Å². The molecule has 96 valence electrons. The van der Waals surface area contributed by atoms with Gasteiger partial charge in [0.1, 0.15) is 0 Å². The second-order valence-electron chi connectivity index (χ2n) is 5.16. The molecule has 0 radical (unpaired) electrons. The molecule has 0 saturated heterocycles. The number of carbonyl (C=O) groups is 1. The Morgan fingerprint density at radius 3 is 2.95 bits per heavy atom. The number of benzene rings is 1. The summed E-state index contributed by atoms with van der Waals surface area (Å²) >= 11 is 0. The maximum atomic E-state index is 11.9. The van der Waals surface area contributed by atoms with Gasteiger partial charge in [-0.3, -0.25) is 4.79 Å². The van der Waals surface area contributed by atoms with Gasteiger partial charge in [0.2, 0.25) is 5.91 Å². The van der Waals surface area contributed by atoms with Crippen molar-refractivity contribution in [3.8, 4) is 6.07 Å². The highest BCUT2D eigenvalue weighted by Gasteiger charge is 2.32. The fourth-order valence-corrected chi connectivity index (χ4v) is 2.50. The molecule has 0 atom stereocenters. The number of nitrogens with zero attached hydrogens (tertiary/aromatic N) is 3. The van der Waals surface area contributed by atoms with Gasteiger partial charge in [0.25, 0.3) is 0 Å². The van der Waals surface area contributed by atoms with Crippen molar-refractivity contribution >= 4 is 11.6 Å². The predicted octanol–water partition coefficient (Wildman–Crippen LogP) is 2.45. The van der Waals surface area contributed by atoms with Gasteiger partial charge in [0, 0.05) is 0 Å². The van der Waals surface area contributed by atoms with Crippen LogP contribution in [0.1, 0.15) is 36.8 Å². The lowest BCUT2D eigenvalue weighted by Gasteiger charge is -2.24. The molecule has 1 heterocycles. The van der Waals surface area contributed by atoms with Crippen LogP contribution in [0.25, 0.3) is 0 Å². The standard InChI is InChI=1S/C15H15N3O/c16-9-11-3-1-4-12(7-11)10-18-15(19)8-14(17-18)13-5-2-6-13/h1,3-4,7,13H,2,5-6,8,10H2. The van der Waals surface area contributed by atoms with Crippen molar-refractivity contribution < 1.29 is 4.79 Å². The summed E-state index contributed by atoms with van der Waals surface area (Å²) in [4.78, 5) is 11.9. The summed E-state index contributed by atoms with van der Waals surface area (Å²) < 4.78 is 0. The Morgan fingerprint density at radius 2 is 2.26 bits per heavy atom. The summed E-state index contributed by atoms with van der Waals surface area (Å²) in [6.07, 6.45) is 4.07. The average Bonchev–Trinajstić information content (AvgIpc) is 2.68. The van der Waals surface area contributed by atoms with E-state index < -0.39 is 0 Å². The Balaban J connectivity index is 1.73. The quantitative estimate of drug-likeness (QED) is 0.830. The third-order valence-corrected chi connectivity index (χ3v) is 3.83. The Kier molecular flexibility index (Phi) is 3.04. The molecule has 4 nitrogen and oxygen atoms in total. The Bertz CT molecular complexity index is 581. The van der Waals surface area contributed by atoms with Crippen molar-refractivity contribution in [2.24, 2.45) is 11.0 Å². The van der Waals surface area contributed by atoms with E-state index in [9.17, 15) is 4.79 Å². The van der Waals surface area contributed by atoms with Crippen molar-refractivity contribution in [1.82, 2.24) is 5.01 Å². The van der Waals surface area contributed by atoms with Crippen LogP contribution in [-0.2, 0) is 11.3 Å². The van der Waals surface area contributed by atoms with Crippen LogP contribution in [0.5, 0.6) is 0 Å². The van der Waals surface area contributed by atoms with Crippen molar-refractivity contribution in [2.75, 3.05) is 0 Å². The third-order valence-electron chi connectivity index (χ3n) is 3.83. The second kappa shape index (κ2) is 4.85. The van der Waals surface area contributed by atoms with E-state index >= 15 is 0 Å². The van der Waals surface area contributed by atoms with E-state index in [0.29, 0.717) is 24.4 Å². The lowest BCUT2D eigenvalue weighted by atomic mass is 9.81. The van der Waals surface area contributed by atoms with Gasteiger partial charge in [-0.05, 0) is 36.5 Å². The predicted molar refractivity (Wildman–Crippen MR) is 71.1 cm³/mol. The number of carbonyl (C=O) groups excluding carboxylic acids is 1. The first-order valence-electron chi connectivity index (χ1n) is 6.63. The summed E-state index contributed by atoms with van der Waals surface area (Å²) in [7, 11) is 0. The number of amides is 1. The fourth-order valence-electron chi connectivity index (χ4n) is 2.50. The molecule has 1 saturated carbocycles. The molecule has 3 rings (SSSR count). The van der Waals surface area contributed by atoms with Crippen LogP contribution in [0, 0.1) is 17.2 Å². The van der Waals surface area contributed by atoms with Gasteiger partial charge in [0.15, 0.2) is 0 Å². The molecule has 0 spiro atoms. The molecule has 1 aliphatic carbocycles. The summed E-state index contributed by atoms with van der Waals surface area (Å²) in [5, 5.41) is 14.9. The molecule has 1 aromatic rings. The van der Waals surface area contributed by atoms with Crippen LogP contribution >= 0.6 is 0 Å². The molecule has 1 amide bonds.